The van der Waals surface area contributed by atoms with E-state index in [1.54, 1.807) is 7.11 Å². The van der Waals surface area contributed by atoms with E-state index in [4.69, 9.17) is 4.74 Å². The van der Waals surface area contributed by atoms with Crippen LogP contribution in [0.15, 0.2) is 0 Å². The van der Waals surface area contributed by atoms with Gasteiger partial charge < -0.3 is 4.74 Å². The van der Waals surface area contributed by atoms with E-state index in [0.717, 1.165) is 12.2 Å². The fourth-order valence-corrected chi connectivity index (χ4v) is 2.43. The molecule has 0 bridgehead atoms. The van der Waals surface area contributed by atoms with E-state index in [1.165, 1.54) is 11.8 Å². The molecule has 0 aliphatic carbocycles. The van der Waals surface area contributed by atoms with Gasteiger partial charge in [-0.15, -0.1) is 0 Å². The molecule has 0 heterocycles. The number of carbonyl (C=O) groups is 1. The van der Waals surface area contributed by atoms with Gasteiger partial charge in [-0.2, -0.15) is 0 Å². The Kier molecular flexibility index (Phi) is 6.45. The molecule has 0 aromatic heterocycles. The SMILES string of the molecule is COCCSC(=O)C(C)(C)CC(C)C. The fraction of sp³-hybridized carbons (Fsp3) is 0.909. The van der Waals surface area contributed by atoms with Crippen LogP contribution in [0, 0.1) is 11.3 Å². The molecule has 2 nitrogen and oxygen atoms in total. The number of carbonyl (C=O) groups excluding carboxylic acids is 1. The smallest absolute Gasteiger partial charge is 0.194 e. The number of thioether (sulfide) groups is 1. The molecule has 84 valence electrons. The lowest BCUT2D eigenvalue weighted by Gasteiger charge is -2.24. The maximum absolute atomic E-state index is 11.8. The summed E-state index contributed by atoms with van der Waals surface area (Å²) in [4.78, 5) is 11.8. The minimum atomic E-state index is -0.202. The summed E-state index contributed by atoms with van der Waals surface area (Å²) >= 11 is 1.39. The van der Waals surface area contributed by atoms with Crippen molar-refractivity contribution in [1.29, 1.82) is 0 Å². The van der Waals surface area contributed by atoms with Crippen molar-refractivity contribution in [3.63, 3.8) is 0 Å². The Labute approximate surface area is 91.8 Å². The predicted octanol–water partition coefficient (Wildman–Crippen LogP) is 2.96. The third kappa shape index (κ3) is 5.66. The third-order valence-electron chi connectivity index (χ3n) is 1.99. The number of rotatable bonds is 6. The van der Waals surface area contributed by atoms with Crippen LogP contribution in [0.4, 0.5) is 0 Å². The van der Waals surface area contributed by atoms with Crippen LogP contribution in [0.1, 0.15) is 34.1 Å². The average molecular weight is 218 g/mol. The minimum Gasteiger partial charge on any atom is -0.384 e. The second kappa shape index (κ2) is 6.46. The summed E-state index contributed by atoms with van der Waals surface area (Å²) in [6.45, 7) is 8.99. The average Bonchev–Trinajstić information content (AvgIpc) is 2.02. The molecule has 14 heavy (non-hydrogen) atoms. The first-order chi connectivity index (χ1) is 6.40. The number of hydrogen-bond acceptors (Lipinski definition) is 3. The lowest BCUT2D eigenvalue weighted by atomic mass is 9.85. The van der Waals surface area contributed by atoms with Gasteiger partial charge in [0.05, 0.1) is 6.61 Å². The number of ether oxygens (including phenoxy) is 1. The number of methoxy groups -OCH3 is 1. The van der Waals surface area contributed by atoms with Crippen molar-refractivity contribution in [3.8, 4) is 0 Å². The van der Waals surface area contributed by atoms with E-state index in [2.05, 4.69) is 13.8 Å². The van der Waals surface area contributed by atoms with Crippen molar-refractivity contribution in [1.82, 2.24) is 0 Å². The molecule has 0 saturated carbocycles. The largest absolute Gasteiger partial charge is 0.384 e. The van der Waals surface area contributed by atoms with E-state index in [-0.39, 0.29) is 10.5 Å². The summed E-state index contributed by atoms with van der Waals surface area (Å²) < 4.78 is 4.91. The monoisotopic (exact) mass is 218 g/mol. The van der Waals surface area contributed by atoms with E-state index in [9.17, 15) is 4.79 Å². The van der Waals surface area contributed by atoms with Gasteiger partial charge in [-0.3, -0.25) is 4.79 Å². The highest BCUT2D eigenvalue weighted by molar-refractivity contribution is 8.13. The van der Waals surface area contributed by atoms with E-state index < -0.39 is 0 Å². The number of hydrogen-bond donors (Lipinski definition) is 0. The van der Waals surface area contributed by atoms with Gasteiger partial charge in [-0.1, -0.05) is 39.5 Å². The Hall–Kier alpha value is -0.0200. The van der Waals surface area contributed by atoms with Gasteiger partial charge in [0.15, 0.2) is 5.12 Å². The Morgan fingerprint density at radius 1 is 1.43 bits per heavy atom. The van der Waals surface area contributed by atoms with Crippen LogP contribution >= 0.6 is 11.8 Å². The molecule has 0 rings (SSSR count). The van der Waals surface area contributed by atoms with Crippen LogP contribution in [-0.2, 0) is 9.53 Å². The van der Waals surface area contributed by atoms with Gasteiger partial charge in [0.25, 0.3) is 0 Å². The van der Waals surface area contributed by atoms with E-state index in [1.807, 2.05) is 13.8 Å². The van der Waals surface area contributed by atoms with Crippen LogP contribution in [0.5, 0.6) is 0 Å². The third-order valence-corrected chi connectivity index (χ3v) is 3.18. The predicted molar refractivity (Wildman–Crippen MR) is 62.6 cm³/mol. The Bertz CT molecular complexity index is 176. The van der Waals surface area contributed by atoms with Gasteiger partial charge in [0.2, 0.25) is 0 Å². The zero-order valence-corrected chi connectivity index (χ0v) is 10.7. The van der Waals surface area contributed by atoms with Crippen molar-refractivity contribution in [2.75, 3.05) is 19.5 Å². The molecule has 0 unspecified atom stereocenters. The lowest BCUT2D eigenvalue weighted by molar-refractivity contribution is -0.118. The van der Waals surface area contributed by atoms with Gasteiger partial charge >= 0.3 is 0 Å². The highest BCUT2D eigenvalue weighted by atomic mass is 32.2. The van der Waals surface area contributed by atoms with Crippen LogP contribution in [-0.4, -0.2) is 24.6 Å². The summed E-state index contributed by atoms with van der Waals surface area (Å²) in [7, 11) is 1.66. The van der Waals surface area contributed by atoms with Crippen molar-refractivity contribution >= 4 is 16.9 Å². The van der Waals surface area contributed by atoms with E-state index in [0.29, 0.717) is 12.5 Å². The molecule has 0 N–H and O–H groups in total. The first-order valence-electron chi connectivity index (χ1n) is 5.06. The molecule has 0 aliphatic heterocycles. The van der Waals surface area contributed by atoms with Gasteiger partial charge in [-0.05, 0) is 12.3 Å². The molecule has 0 aromatic carbocycles. The Morgan fingerprint density at radius 2 is 2.00 bits per heavy atom. The Balaban J connectivity index is 3.95. The molecule has 0 spiro atoms. The summed E-state index contributed by atoms with van der Waals surface area (Å²) in [5.41, 5.74) is -0.202. The van der Waals surface area contributed by atoms with Crippen molar-refractivity contribution in [3.05, 3.63) is 0 Å². The maximum atomic E-state index is 11.8. The van der Waals surface area contributed by atoms with Crippen LogP contribution < -0.4 is 0 Å². The van der Waals surface area contributed by atoms with Crippen LogP contribution in [0.2, 0.25) is 0 Å². The summed E-state index contributed by atoms with van der Waals surface area (Å²) in [6.07, 6.45) is 0.950. The molecule has 0 saturated heterocycles. The van der Waals surface area contributed by atoms with Gasteiger partial charge in [0.1, 0.15) is 0 Å². The second-order valence-corrected chi connectivity index (χ2v) is 5.68. The molecule has 0 aliphatic rings. The Morgan fingerprint density at radius 3 is 2.43 bits per heavy atom. The van der Waals surface area contributed by atoms with Crippen molar-refractivity contribution in [2.24, 2.45) is 11.3 Å². The molecular formula is C11H22O2S. The molecule has 0 atom stereocenters. The lowest BCUT2D eigenvalue weighted by Crippen LogP contribution is -2.24. The van der Waals surface area contributed by atoms with Crippen LogP contribution in [0.25, 0.3) is 0 Å². The van der Waals surface area contributed by atoms with E-state index >= 15 is 0 Å². The highest BCUT2D eigenvalue weighted by Gasteiger charge is 2.28. The maximum Gasteiger partial charge on any atom is 0.194 e. The molecular weight excluding hydrogens is 196 g/mol. The van der Waals surface area contributed by atoms with Gasteiger partial charge in [-0.25, -0.2) is 0 Å². The van der Waals surface area contributed by atoms with Gasteiger partial charge in [0, 0.05) is 18.3 Å². The topological polar surface area (TPSA) is 26.3 Å². The minimum absolute atomic E-state index is 0.202. The first-order valence-corrected chi connectivity index (χ1v) is 6.05. The molecule has 0 fully saturated rings. The normalized spacial score (nSPS) is 12.1. The highest BCUT2D eigenvalue weighted by Crippen LogP contribution is 2.30. The fourth-order valence-electron chi connectivity index (χ4n) is 1.52. The summed E-state index contributed by atoms with van der Waals surface area (Å²) in [5, 5.41) is 0.281. The molecule has 0 aromatic rings. The summed E-state index contributed by atoms with van der Waals surface area (Å²) in [5.74, 6) is 1.33. The molecule has 3 heteroatoms. The van der Waals surface area contributed by atoms with Crippen molar-refractivity contribution < 1.29 is 9.53 Å². The molecule has 0 amide bonds. The zero-order valence-electron chi connectivity index (χ0n) is 9.92. The molecule has 0 radical (unpaired) electrons. The summed E-state index contributed by atoms with van der Waals surface area (Å²) in [6, 6.07) is 0. The standard InChI is InChI=1S/C11H22O2S/c1-9(2)8-11(3,4)10(12)14-7-6-13-5/h9H,6-8H2,1-5H3. The first kappa shape index (κ1) is 14.0. The second-order valence-electron chi connectivity index (χ2n) is 4.61. The quantitative estimate of drug-likeness (QED) is 0.641. The zero-order chi connectivity index (χ0) is 11.2. The van der Waals surface area contributed by atoms with Crippen molar-refractivity contribution in [2.45, 2.75) is 34.1 Å². The van der Waals surface area contributed by atoms with Crippen LogP contribution in [0.3, 0.4) is 0 Å².